The van der Waals surface area contributed by atoms with Crippen LogP contribution in [0.25, 0.3) is 0 Å². The molecule has 1 rings (SSSR count). The summed E-state index contributed by atoms with van der Waals surface area (Å²) in [5, 5.41) is 6.58. The lowest BCUT2D eigenvalue weighted by molar-refractivity contribution is 0.880. The third kappa shape index (κ3) is 1.87. The molecule has 0 aromatic rings. The highest BCUT2D eigenvalue weighted by atomic mass is 32.1. The third-order valence-corrected chi connectivity index (χ3v) is 1.50. The van der Waals surface area contributed by atoms with Crippen LogP contribution < -0.4 is 10.6 Å². The zero-order valence-corrected chi connectivity index (χ0v) is 6.72. The van der Waals surface area contributed by atoms with E-state index in [0.29, 0.717) is 5.11 Å². The number of allylic oxidation sites excluding steroid dienone is 1. The molecule has 50 valence electrons. The zero-order valence-electron chi connectivity index (χ0n) is 5.01. The van der Waals surface area contributed by atoms with Crippen molar-refractivity contribution < 1.29 is 0 Å². The number of hydrogen-bond donors (Lipinski definition) is 3. The highest BCUT2D eigenvalue weighted by Gasteiger charge is 2.07. The van der Waals surface area contributed by atoms with Gasteiger partial charge < -0.3 is 10.6 Å². The van der Waals surface area contributed by atoms with Crippen molar-refractivity contribution in [2.24, 2.45) is 0 Å². The van der Waals surface area contributed by atoms with E-state index < -0.39 is 0 Å². The minimum atomic E-state index is 0.0683. The first-order valence-corrected chi connectivity index (χ1v) is 3.55. The summed E-state index contributed by atoms with van der Waals surface area (Å²) in [4.78, 5) is 0. The van der Waals surface area contributed by atoms with Crippen LogP contribution in [0.15, 0.2) is 11.8 Å². The summed E-state index contributed by atoms with van der Waals surface area (Å²) in [5.74, 6) is 0. The first-order chi connectivity index (χ1) is 4.18. The number of nitrogens with one attached hydrogen (secondary N) is 2. The van der Waals surface area contributed by atoms with Crippen molar-refractivity contribution in [2.45, 2.75) is 12.3 Å². The molecule has 1 aliphatic heterocycles. The van der Waals surface area contributed by atoms with Gasteiger partial charge in [-0.3, -0.25) is 0 Å². The molecule has 2 N–H and O–H groups in total. The van der Waals surface area contributed by atoms with Crippen molar-refractivity contribution in [1.82, 2.24) is 10.6 Å². The summed E-state index contributed by atoms with van der Waals surface area (Å²) in [6.07, 6.45) is 1.96. The molecule has 1 heterocycles. The highest BCUT2D eigenvalue weighted by Crippen LogP contribution is 2.01. The molecule has 0 bridgehead atoms. The van der Waals surface area contributed by atoms with Gasteiger partial charge in [0, 0.05) is 5.70 Å². The molecular formula is C5H8N2S2. The largest absolute Gasteiger partial charge is 0.347 e. The van der Waals surface area contributed by atoms with E-state index in [0.717, 1.165) is 5.70 Å². The van der Waals surface area contributed by atoms with E-state index in [-0.39, 0.29) is 5.37 Å². The highest BCUT2D eigenvalue weighted by molar-refractivity contribution is 7.82. The number of thiol groups is 1. The Morgan fingerprint density at radius 1 is 1.78 bits per heavy atom. The van der Waals surface area contributed by atoms with Crippen LogP contribution in [0.1, 0.15) is 6.92 Å². The molecule has 0 aromatic carbocycles. The van der Waals surface area contributed by atoms with E-state index >= 15 is 0 Å². The molecule has 0 aromatic heterocycles. The molecule has 1 atom stereocenters. The van der Waals surface area contributed by atoms with Crippen LogP contribution in [0.2, 0.25) is 0 Å². The maximum atomic E-state index is 4.85. The molecule has 9 heavy (non-hydrogen) atoms. The Morgan fingerprint density at radius 2 is 2.44 bits per heavy atom. The molecule has 0 aliphatic carbocycles. The molecule has 0 amide bonds. The summed E-state index contributed by atoms with van der Waals surface area (Å²) >= 11 is 9.01. The van der Waals surface area contributed by atoms with Crippen LogP contribution in [-0.4, -0.2) is 10.5 Å². The number of hydrogen-bond acceptors (Lipinski definition) is 2. The molecule has 0 saturated carbocycles. The van der Waals surface area contributed by atoms with Gasteiger partial charge in [-0.15, -0.1) is 0 Å². The van der Waals surface area contributed by atoms with Crippen LogP contribution >= 0.6 is 24.8 Å². The lowest BCUT2D eigenvalue weighted by Crippen LogP contribution is -2.42. The van der Waals surface area contributed by atoms with Crippen molar-refractivity contribution in [3.8, 4) is 0 Å². The van der Waals surface area contributed by atoms with Gasteiger partial charge in [-0.1, -0.05) is 0 Å². The molecule has 1 unspecified atom stereocenters. The van der Waals surface area contributed by atoms with Gasteiger partial charge in [-0.2, -0.15) is 12.6 Å². The smallest absolute Gasteiger partial charge is 0.171 e. The van der Waals surface area contributed by atoms with Crippen LogP contribution in [0, 0.1) is 0 Å². The fourth-order valence-electron chi connectivity index (χ4n) is 0.670. The molecule has 0 fully saturated rings. The van der Waals surface area contributed by atoms with Gasteiger partial charge in [-0.05, 0) is 25.2 Å². The van der Waals surface area contributed by atoms with Gasteiger partial charge in [0.15, 0.2) is 5.11 Å². The maximum Gasteiger partial charge on any atom is 0.171 e. The standard InChI is InChI=1S/C5H8N2S2/c1-3-2-4(8)7-5(9)6-3/h2,4,8H,1H3,(H2,6,7,9). The molecule has 0 radical (unpaired) electrons. The zero-order chi connectivity index (χ0) is 6.85. The fourth-order valence-corrected chi connectivity index (χ4v) is 1.40. The van der Waals surface area contributed by atoms with E-state index in [1.54, 1.807) is 0 Å². The number of thiocarbonyl (C=S) groups is 1. The third-order valence-electron chi connectivity index (χ3n) is 0.998. The quantitative estimate of drug-likeness (QED) is 0.358. The lowest BCUT2D eigenvalue weighted by atomic mass is 10.4. The average Bonchev–Trinajstić information content (AvgIpc) is 1.59. The minimum absolute atomic E-state index is 0.0683. The van der Waals surface area contributed by atoms with Crippen molar-refractivity contribution in [3.05, 3.63) is 11.8 Å². The SMILES string of the molecule is CC1=CC(S)NC(=S)N1. The summed E-state index contributed by atoms with van der Waals surface area (Å²) in [5.41, 5.74) is 1.05. The first kappa shape index (κ1) is 6.89. The van der Waals surface area contributed by atoms with Gasteiger partial charge in [0.2, 0.25) is 0 Å². The minimum Gasteiger partial charge on any atom is -0.347 e. The second kappa shape index (κ2) is 2.58. The van der Waals surface area contributed by atoms with Crippen LogP contribution in [0.5, 0.6) is 0 Å². The van der Waals surface area contributed by atoms with E-state index in [1.807, 2.05) is 13.0 Å². The summed E-state index contributed by atoms with van der Waals surface area (Å²) in [6.45, 7) is 1.95. The van der Waals surface area contributed by atoms with Gasteiger partial charge in [-0.25, -0.2) is 0 Å². The predicted octanol–water partition coefficient (Wildman–Crippen LogP) is 0.624. The van der Waals surface area contributed by atoms with E-state index in [9.17, 15) is 0 Å². The average molecular weight is 160 g/mol. The van der Waals surface area contributed by atoms with Gasteiger partial charge >= 0.3 is 0 Å². The van der Waals surface area contributed by atoms with Crippen LogP contribution in [0.4, 0.5) is 0 Å². The van der Waals surface area contributed by atoms with E-state index in [1.165, 1.54) is 0 Å². The Kier molecular flexibility index (Phi) is 1.97. The first-order valence-electron chi connectivity index (χ1n) is 2.62. The maximum absolute atomic E-state index is 4.85. The van der Waals surface area contributed by atoms with Gasteiger partial charge in [0.25, 0.3) is 0 Å². The molecule has 4 heteroatoms. The fraction of sp³-hybridized carbons (Fsp3) is 0.400. The lowest BCUT2D eigenvalue weighted by Gasteiger charge is -2.19. The van der Waals surface area contributed by atoms with Crippen molar-refractivity contribution >= 4 is 30.0 Å². The molecular weight excluding hydrogens is 152 g/mol. The van der Waals surface area contributed by atoms with E-state index in [4.69, 9.17) is 12.2 Å². The number of rotatable bonds is 0. The van der Waals surface area contributed by atoms with Crippen molar-refractivity contribution in [1.29, 1.82) is 0 Å². The monoisotopic (exact) mass is 160 g/mol. The Balaban J connectivity index is 2.67. The molecule has 2 nitrogen and oxygen atoms in total. The Labute approximate surface area is 65.1 Å². The van der Waals surface area contributed by atoms with E-state index in [2.05, 4.69) is 23.3 Å². The van der Waals surface area contributed by atoms with Crippen LogP contribution in [-0.2, 0) is 0 Å². The Hall–Kier alpha value is -0.220. The second-order valence-electron chi connectivity index (χ2n) is 1.89. The van der Waals surface area contributed by atoms with Crippen LogP contribution in [0.3, 0.4) is 0 Å². The normalized spacial score (nSPS) is 26.2. The van der Waals surface area contributed by atoms with Gasteiger partial charge in [0.05, 0.1) is 5.37 Å². The predicted molar refractivity (Wildman–Crippen MR) is 45.4 cm³/mol. The Morgan fingerprint density at radius 3 is 2.89 bits per heavy atom. The summed E-state index contributed by atoms with van der Waals surface area (Å²) < 4.78 is 0. The topological polar surface area (TPSA) is 24.1 Å². The second-order valence-corrected chi connectivity index (χ2v) is 2.86. The summed E-state index contributed by atoms with van der Waals surface area (Å²) in [6, 6.07) is 0. The van der Waals surface area contributed by atoms with Crippen molar-refractivity contribution in [2.75, 3.05) is 0 Å². The van der Waals surface area contributed by atoms with Crippen molar-refractivity contribution in [3.63, 3.8) is 0 Å². The Bertz CT molecular complexity index is 164. The molecule has 0 spiro atoms. The van der Waals surface area contributed by atoms with Gasteiger partial charge in [0.1, 0.15) is 0 Å². The molecule has 1 aliphatic rings. The summed E-state index contributed by atoms with van der Waals surface area (Å²) in [7, 11) is 0. The molecule has 0 saturated heterocycles.